The average molecular weight is 176 g/mol. The first kappa shape index (κ1) is 10.5. The molecular formula is C7H12O3S. The Morgan fingerprint density at radius 1 is 1.55 bits per heavy atom. The van der Waals surface area contributed by atoms with E-state index in [2.05, 4.69) is 0 Å². The van der Waals surface area contributed by atoms with Crippen molar-refractivity contribution in [2.45, 2.75) is 26.0 Å². The Morgan fingerprint density at radius 2 is 2.09 bits per heavy atom. The monoisotopic (exact) mass is 176 g/mol. The molecule has 0 amide bonds. The molecule has 3 nitrogen and oxygen atoms in total. The number of ether oxygens (including phenoxy) is 1. The molecule has 0 radical (unpaired) electrons. The van der Waals surface area contributed by atoms with Crippen LogP contribution in [0.2, 0.25) is 0 Å². The van der Waals surface area contributed by atoms with Crippen LogP contribution in [0, 0.1) is 0 Å². The standard InChI is InChI=1S/C7H12O3S/c1-4-10-7(9)5(2)11-6(3)8/h5H,4H2,1-3H3. The van der Waals surface area contributed by atoms with Crippen molar-refractivity contribution in [1.29, 1.82) is 0 Å². The number of carbonyl (C=O) groups is 2. The number of thioether (sulfide) groups is 1. The fraction of sp³-hybridized carbons (Fsp3) is 0.714. The van der Waals surface area contributed by atoms with E-state index in [4.69, 9.17) is 4.74 Å². The molecular weight excluding hydrogens is 164 g/mol. The lowest BCUT2D eigenvalue weighted by Gasteiger charge is -2.06. The Balaban J connectivity index is 3.73. The summed E-state index contributed by atoms with van der Waals surface area (Å²) in [6, 6.07) is 0. The van der Waals surface area contributed by atoms with Crippen LogP contribution in [0.15, 0.2) is 0 Å². The highest BCUT2D eigenvalue weighted by atomic mass is 32.2. The van der Waals surface area contributed by atoms with Crippen molar-refractivity contribution in [2.24, 2.45) is 0 Å². The predicted octanol–water partition coefficient (Wildman–Crippen LogP) is 1.22. The fourth-order valence-electron chi connectivity index (χ4n) is 0.557. The lowest BCUT2D eigenvalue weighted by Crippen LogP contribution is -2.17. The zero-order chi connectivity index (χ0) is 8.85. The molecule has 11 heavy (non-hydrogen) atoms. The molecule has 0 N–H and O–H groups in total. The van der Waals surface area contributed by atoms with Gasteiger partial charge >= 0.3 is 5.97 Å². The van der Waals surface area contributed by atoms with Gasteiger partial charge in [-0.25, -0.2) is 0 Å². The minimum Gasteiger partial charge on any atom is -0.465 e. The van der Waals surface area contributed by atoms with Crippen LogP contribution in [0.3, 0.4) is 0 Å². The van der Waals surface area contributed by atoms with Gasteiger partial charge in [0.15, 0.2) is 5.12 Å². The highest BCUT2D eigenvalue weighted by Crippen LogP contribution is 2.12. The van der Waals surface area contributed by atoms with Gasteiger partial charge in [-0.15, -0.1) is 0 Å². The van der Waals surface area contributed by atoms with Crippen LogP contribution in [-0.4, -0.2) is 22.9 Å². The van der Waals surface area contributed by atoms with Crippen LogP contribution in [0.4, 0.5) is 0 Å². The molecule has 0 aromatic rings. The number of carbonyl (C=O) groups excluding carboxylic acids is 2. The summed E-state index contributed by atoms with van der Waals surface area (Å²) in [5, 5.41) is -0.446. The van der Waals surface area contributed by atoms with Crippen molar-refractivity contribution in [2.75, 3.05) is 6.61 Å². The van der Waals surface area contributed by atoms with E-state index in [9.17, 15) is 9.59 Å². The first-order valence-corrected chi connectivity index (χ1v) is 4.29. The van der Waals surface area contributed by atoms with Crippen molar-refractivity contribution in [3.05, 3.63) is 0 Å². The normalized spacial score (nSPS) is 12.3. The predicted molar refractivity (Wildman–Crippen MR) is 44.4 cm³/mol. The Kier molecular flexibility index (Phi) is 4.94. The molecule has 0 aliphatic rings. The highest BCUT2D eigenvalue weighted by Gasteiger charge is 2.15. The van der Waals surface area contributed by atoms with Gasteiger partial charge in [-0.2, -0.15) is 0 Å². The maximum absolute atomic E-state index is 10.9. The van der Waals surface area contributed by atoms with Gasteiger partial charge in [0.1, 0.15) is 5.25 Å². The summed E-state index contributed by atoms with van der Waals surface area (Å²) in [7, 11) is 0. The first-order valence-electron chi connectivity index (χ1n) is 3.41. The van der Waals surface area contributed by atoms with Crippen LogP contribution in [0.5, 0.6) is 0 Å². The smallest absolute Gasteiger partial charge is 0.319 e. The molecule has 0 aromatic carbocycles. The molecule has 64 valence electrons. The molecule has 0 bridgehead atoms. The van der Waals surface area contributed by atoms with Crippen molar-refractivity contribution in [1.82, 2.24) is 0 Å². The van der Waals surface area contributed by atoms with E-state index in [1.807, 2.05) is 0 Å². The topological polar surface area (TPSA) is 43.4 Å². The maximum Gasteiger partial charge on any atom is 0.319 e. The van der Waals surface area contributed by atoms with Gasteiger partial charge in [-0.05, 0) is 13.8 Å². The molecule has 0 spiro atoms. The summed E-state index contributed by atoms with van der Waals surface area (Å²) in [5.74, 6) is -0.326. The second-order valence-electron chi connectivity index (χ2n) is 2.00. The molecule has 0 fully saturated rings. The van der Waals surface area contributed by atoms with Crippen molar-refractivity contribution in [3.63, 3.8) is 0 Å². The van der Waals surface area contributed by atoms with Gasteiger partial charge in [0, 0.05) is 6.92 Å². The van der Waals surface area contributed by atoms with Crippen LogP contribution >= 0.6 is 11.8 Å². The third-order valence-corrected chi connectivity index (χ3v) is 1.84. The van der Waals surface area contributed by atoms with Crippen molar-refractivity contribution < 1.29 is 14.3 Å². The SMILES string of the molecule is CCOC(=O)C(C)SC(C)=O. The van der Waals surface area contributed by atoms with E-state index in [0.717, 1.165) is 11.8 Å². The van der Waals surface area contributed by atoms with Gasteiger partial charge in [-0.1, -0.05) is 11.8 Å². The molecule has 0 aliphatic heterocycles. The lowest BCUT2D eigenvalue weighted by atomic mass is 10.5. The van der Waals surface area contributed by atoms with Gasteiger partial charge < -0.3 is 4.74 Å². The molecule has 0 saturated carbocycles. The Labute approximate surface area is 70.5 Å². The zero-order valence-corrected chi connectivity index (χ0v) is 7.73. The van der Waals surface area contributed by atoms with Crippen LogP contribution < -0.4 is 0 Å². The van der Waals surface area contributed by atoms with Gasteiger partial charge in [-0.3, -0.25) is 9.59 Å². The summed E-state index contributed by atoms with van der Waals surface area (Å²) in [6.45, 7) is 5.19. The number of hydrogen-bond acceptors (Lipinski definition) is 4. The third kappa shape index (κ3) is 4.84. The largest absolute Gasteiger partial charge is 0.465 e. The molecule has 0 rings (SSSR count). The van der Waals surface area contributed by atoms with E-state index in [1.165, 1.54) is 6.92 Å². The van der Waals surface area contributed by atoms with E-state index in [1.54, 1.807) is 13.8 Å². The van der Waals surface area contributed by atoms with Gasteiger partial charge in [0.2, 0.25) is 0 Å². The maximum atomic E-state index is 10.9. The quantitative estimate of drug-likeness (QED) is 0.606. The minimum absolute atomic E-state index is 0.0643. The van der Waals surface area contributed by atoms with Crippen LogP contribution in [0.1, 0.15) is 20.8 Å². The van der Waals surface area contributed by atoms with Crippen molar-refractivity contribution in [3.8, 4) is 0 Å². The number of hydrogen-bond donors (Lipinski definition) is 0. The molecule has 1 unspecified atom stereocenters. The summed E-state index contributed by atoms with van der Waals surface area (Å²) in [4.78, 5) is 21.4. The minimum atomic E-state index is -0.382. The van der Waals surface area contributed by atoms with E-state index in [0.29, 0.717) is 6.61 Å². The van der Waals surface area contributed by atoms with Crippen LogP contribution in [-0.2, 0) is 14.3 Å². The van der Waals surface area contributed by atoms with Gasteiger partial charge in [0.05, 0.1) is 6.61 Å². The molecule has 0 saturated heterocycles. The second kappa shape index (κ2) is 5.18. The van der Waals surface area contributed by atoms with Crippen molar-refractivity contribution >= 4 is 22.8 Å². The fourth-order valence-corrected chi connectivity index (χ4v) is 1.22. The zero-order valence-electron chi connectivity index (χ0n) is 6.92. The Hall–Kier alpha value is -0.510. The summed E-state index contributed by atoms with van der Waals surface area (Å²) < 4.78 is 4.69. The molecule has 0 heterocycles. The summed E-state index contributed by atoms with van der Waals surface area (Å²) in [6.07, 6.45) is 0. The molecule has 0 aromatic heterocycles. The molecule has 1 atom stereocenters. The lowest BCUT2D eigenvalue weighted by molar-refractivity contribution is -0.142. The summed E-state index contributed by atoms with van der Waals surface area (Å²) in [5.41, 5.74) is 0. The van der Waals surface area contributed by atoms with E-state index >= 15 is 0 Å². The third-order valence-electron chi connectivity index (χ3n) is 0.961. The second-order valence-corrected chi connectivity index (χ2v) is 3.52. The Morgan fingerprint density at radius 3 is 2.45 bits per heavy atom. The van der Waals surface area contributed by atoms with Gasteiger partial charge in [0.25, 0.3) is 0 Å². The molecule has 4 heteroatoms. The van der Waals surface area contributed by atoms with Crippen LogP contribution in [0.25, 0.3) is 0 Å². The number of esters is 1. The first-order chi connectivity index (χ1) is 5.07. The molecule has 0 aliphatic carbocycles. The average Bonchev–Trinajstić information content (AvgIpc) is 1.86. The van der Waals surface area contributed by atoms with E-state index < -0.39 is 0 Å². The summed E-state index contributed by atoms with van der Waals surface area (Å²) >= 11 is 0.989. The highest BCUT2D eigenvalue weighted by molar-refractivity contribution is 8.14. The Bertz CT molecular complexity index is 156. The number of rotatable bonds is 3. The van der Waals surface area contributed by atoms with E-state index in [-0.39, 0.29) is 16.3 Å².